The molecule has 2 aliphatic rings. The summed E-state index contributed by atoms with van der Waals surface area (Å²) in [6.45, 7) is 0.493. The van der Waals surface area contributed by atoms with Crippen LogP contribution in [0.3, 0.4) is 0 Å². The number of ether oxygens (including phenoxy) is 1. The first-order valence-corrected chi connectivity index (χ1v) is 8.50. The Hall–Kier alpha value is -2.11. The Morgan fingerprint density at radius 2 is 1.96 bits per heavy atom. The van der Waals surface area contributed by atoms with Crippen molar-refractivity contribution < 1.29 is 23.8 Å². The third-order valence-electron chi connectivity index (χ3n) is 4.96. The van der Waals surface area contributed by atoms with Crippen LogP contribution in [0.25, 0.3) is 0 Å². The second-order valence-electron chi connectivity index (χ2n) is 6.63. The third-order valence-corrected chi connectivity index (χ3v) is 4.96. The summed E-state index contributed by atoms with van der Waals surface area (Å²) in [7, 11) is 0. The number of aliphatic carboxylic acids is 1. The van der Waals surface area contributed by atoms with Gasteiger partial charge in [-0.1, -0.05) is 12.5 Å². The zero-order valence-electron chi connectivity index (χ0n) is 13.5. The minimum absolute atomic E-state index is 0.108. The molecule has 0 bridgehead atoms. The zero-order chi connectivity index (χ0) is 17.1. The fraction of sp³-hybridized carbons (Fsp3) is 0.556. The quantitative estimate of drug-likeness (QED) is 0.890. The van der Waals surface area contributed by atoms with Gasteiger partial charge in [0.05, 0.1) is 18.6 Å². The SMILES string of the molecule is O=C(O)C1CCCC(C(=O)NC2CCCOc3cc(F)ccc32)C1. The third kappa shape index (κ3) is 3.68. The molecule has 1 aromatic rings. The predicted octanol–water partition coefficient (Wildman–Crippen LogP) is 3.05. The Bertz CT molecular complexity index is 633. The molecule has 0 spiro atoms. The first-order chi connectivity index (χ1) is 11.5. The Labute approximate surface area is 140 Å². The summed E-state index contributed by atoms with van der Waals surface area (Å²) in [5.74, 6) is -1.53. The Morgan fingerprint density at radius 1 is 1.17 bits per heavy atom. The molecule has 6 heteroatoms. The van der Waals surface area contributed by atoms with Crippen LogP contribution in [-0.4, -0.2) is 23.6 Å². The standard InChI is InChI=1S/C18H22FNO4/c19-13-6-7-14-15(5-2-8-24-16(14)10-13)20-17(21)11-3-1-4-12(9-11)18(22)23/h6-7,10-12,15H,1-5,8-9H2,(H,20,21)(H,22,23). The largest absolute Gasteiger partial charge is 0.493 e. The van der Waals surface area contributed by atoms with Gasteiger partial charge in [-0.3, -0.25) is 9.59 Å². The van der Waals surface area contributed by atoms with Crippen molar-refractivity contribution >= 4 is 11.9 Å². The summed E-state index contributed by atoms with van der Waals surface area (Å²) >= 11 is 0. The van der Waals surface area contributed by atoms with E-state index in [4.69, 9.17) is 9.84 Å². The van der Waals surface area contributed by atoms with Crippen LogP contribution in [-0.2, 0) is 9.59 Å². The smallest absolute Gasteiger partial charge is 0.306 e. The van der Waals surface area contributed by atoms with E-state index in [1.54, 1.807) is 6.07 Å². The summed E-state index contributed by atoms with van der Waals surface area (Å²) in [5.41, 5.74) is 0.785. The van der Waals surface area contributed by atoms with E-state index in [9.17, 15) is 14.0 Å². The number of hydrogen-bond acceptors (Lipinski definition) is 3. The minimum Gasteiger partial charge on any atom is -0.493 e. The first-order valence-electron chi connectivity index (χ1n) is 8.50. The Balaban J connectivity index is 1.71. The lowest BCUT2D eigenvalue weighted by Gasteiger charge is -2.28. The molecule has 1 aromatic carbocycles. The van der Waals surface area contributed by atoms with Gasteiger partial charge in [-0.15, -0.1) is 0 Å². The molecule has 0 aromatic heterocycles. The fourth-order valence-corrected chi connectivity index (χ4v) is 3.64. The van der Waals surface area contributed by atoms with Crippen molar-refractivity contribution in [1.29, 1.82) is 0 Å². The van der Waals surface area contributed by atoms with Crippen molar-refractivity contribution in [3.05, 3.63) is 29.6 Å². The molecule has 3 unspecified atom stereocenters. The number of amides is 1. The van der Waals surface area contributed by atoms with Crippen molar-refractivity contribution in [2.45, 2.75) is 44.6 Å². The molecule has 3 rings (SSSR count). The van der Waals surface area contributed by atoms with Crippen molar-refractivity contribution in [2.24, 2.45) is 11.8 Å². The van der Waals surface area contributed by atoms with E-state index < -0.39 is 11.9 Å². The molecule has 24 heavy (non-hydrogen) atoms. The topological polar surface area (TPSA) is 75.6 Å². The lowest BCUT2D eigenvalue weighted by molar-refractivity contribution is -0.144. The van der Waals surface area contributed by atoms with Crippen LogP contribution >= 0.6 is 0 Å². The lowest BCUT2D eigenvalue weighted by atomic mass is 9.81. The average Bonchev–Trinajstić information content (AvgIpc) is 2.76. The maximum absolute atomic E-state index is 13.4. The van der Waals surface area contributed by atoms with Gasteiger partial charge in [0.1, 0.15) is 11.6 Å². The van der Waals surface area contributed by atoms with Gasteiger partial charge in [0.15, 0.2) is 0 Å². The number of carbonyl (C=O) groups is 2. The van der Waals surface area contributed by atoms with Crippen LogP contribution in [0.2, 0.25) is 0 Å². The number of fused-ring (bicyclic) bond motifs is 1. The number of halogens is 1. The molecule has 130 valence electrons. The lowest BCUT2D eigenvalue weighted by Crippen LogP contribution is -2.37. The fourth-order valence-electron chi connectivity index (χ4n) is 3.64. The number of carbonyl (C=O) groups excluding carboxylic acids is 1. The monoisotopic (exact) mass is 335 g/mol. The van der Waals surface area contributed by atoms with E-state index in [1.165, 1.54) is 12.1 Å². The summed E-state index contributed by atoms with van der Waals surface area (Å²) in [5, 5.41) is 12.2. The molecule has 1 fully saturated rings. The maximum Gasteiger partial charge on any atom is 0.306 e. The van der Waals surface area contributed by atoms with Gasteiger partial charge in [0.25, 0.3) is 0 Å². The van der Waals surface area contributed by atoms with Crippen molar-refractivity contribution in [2.75, 3.05) is 6.61 Å². The number of hydrogen-bond donors (Lipinski definition) is 2. The molecule has 0 radical (unpaired) electrons. The minimum atomic E-state index is -0.823. The predicted molar refractivity (Wildman–Crippen MR) is 85.1 cm³/mol. The Morgan fingerprint density at radius 3 is 2.75 bits per heavy atom. The van der Waals surface area contributed by atoms with Crippen LogP contribution in [0.1, 0.15) is 50.1 Å². The summed E-state index contributed by atoms with van der Waals surface area (Å²) < 4.78 is 19.0. The summed E-state index contributed by atoms with van der Waals surface area (Å²) in [6.07, 6.45) is 3.99. The van der Waals surface area contributed by atoms with Crippen LogP contribution in [0.15, 0.2) is 18.2 Å². The molecule has 1 aliphatic carbocycles. The number of carboxylic acid groups (broad SMARTS) is 1. The zero-order valence-corrected chi connectivity index (χ0v) is 13.5. The molecule has 0 saturated heterocycles. The van der Waals surface area contributed by atoms with Gasteiger partial charge in [-0.05, 0) is 38.2 Å². The van der Waals surface area contributed by atoms with E-state index in [-0.39, 0.29) is 23.7 Å². The van der Waals surface area contributed by atoms with E-state index in [0.717, 1.165) is 31.2 Å². The summed E-state index contributed by atoms with van der Waals surface area (Å²) in [4.78, 5) is 23.8. The molecule has 1 amide bonds. The van der Waals surface area contributed by atoms with Gasteiger partial charge in [-0.25, -0.2) is 4.39 Å². The van der Waals surface area contributed by atoms with Crippen molar-refractivity contribution in [3.63, 3.8) is 0 Å². The highest BCUT2D eigenvalue weighted by Crippen LogP contribution is 2.34. The van der Waals surface area contributed by atoms with Crippen LogP contribution < -0.4 is 10.1 Å². The molecular weight excluding hydrogens is 313 g/mol. The highest BCUT2D eigenvalue weighted by molar-refractivity contribution is 5.80. The van der Waals surface area contributed by atoms with Gasteiger partial charge >= 0.3 is 5.97 Å². The molecule has 3 atom stereocenters. The number of carboxylic acids is 1. The van der Waals surface area contributed by atoms with E-state index >= 15 is 0 Å². The van der Waals surface area contributed by atoms with E-state index in [0.29, 0.717) is 25.2 Å². The molecule has 1 heterocycles. The van der Waals surface area contributed by atoms with Gasteiger partial charge in [-0.2, -0.15) is 0 Å². The van der Waals surface area contributed by atoms with Crippen LogP contribution in [0.4, 0.5) is 4.39 Å². The second-order valence-corrected chi connectivity index (χ2v) is 6.63. The van der Waals surface area contributed by atoms with Crippen molar-refractivity contribution in [3.8, 4) is 5.75 Å². The Kier molecular flexibility index (Phi) is 5.02. The average molecular weight is 335 g/mol. The second kappa shape index (κ2) is 7.20. The number of nitrogens with one attached hydrogen (secondary N) is 1. The highest BCUT2D eigenvalue weighted by Gasteiger charge is 2.32. The maximum atomic E-state index is 13.4. The van der Waals surface area contributed by atoms with Gasteiger partial charge in [0, 0.05) is 17.5 Å². The number of rotatable bonds is 3. The van der Waals surface area contributed by atoms with E-state index in [2.05, 4.69) is 5.32 Å². The number of benzene rings is 1. The van der Waals surface area contributed by atoms with E-state index in [1.807, 2.05) is 0 Å². The molecule has 1 saturated carbocycles. The molecule has 1 aliphatic heterocycles. The molecule has 5 nitrogen and oxygen atoms in total. The summed E-state index contributed by atoms with van der Waals surface area (Å²) in [6, 6.07) is 4.15. The first kappa shape index (κ1) is 16.7. The van der Waals surface area contributed by atoms with Crippen LogP contribution in [0.5, 0.6) is 5.75 Å². The molecule has 2 N–H and O–H groups in total. The van der Waals surface area contributed by atoms with Crippen molar-refractivity contribution in [1.82, 2.24) is 5.32 Å². The highest BCUT2D eigenvalue weighted by atomic mass is 19.1. The molecular formula is C18H22FNO4. The van der Waals surface area contributed by atoms with Gasteiger partial charge in [0.2, 0.25) is 5.91 Å². The normalized spacial score (nSPS) is 26.6. The van der Waals surface area contributed by atoms with Crippen LogP contribution in [0, 0.1) is 17.7 Å². The van der Waals surface area contributed by atoms with Gasteiger partial charge < -0.3 is 15.2 Å².